The van der Waals surface area contributed by atoms with Gasteiger partial charge >= 0.3 is 0 Å². The third-order valence-electron chi connectivity index (χ3n) is 5.51. The van der Waals surface area contributed by atoms with Crippen molar-refractivity contribution >= 4 is 34.7 Å². The van der Waals surface area contributed by atoms with Crippen molar-refractivity contribution < 1.29 is 4.39 Å². The van der Waals surface area contributed by atoms with Crippen LogP contribution in [0, 0.1) is 5.82 Å². The largest absolute Gasteiger partial charge is 0.340 e. The molecule has 2 heterocycles. The van der Waals surface area contributed by atoms with Gasteiger partial charge in [0.15, 0.2) is 0 Å². The smallest absolute Gasteiger partial charge is 0.134 e. The average molecular weight is 459 g/mol. The van der Waals surface area contributed by atoms with E-state index < -0.39 is 0 Å². The Bertz CT molecular complexity index is 984. The minimum Gasteiger partial charge on any atom is -0.340 e. The van der Waals surface area contributed by atoms with Crippen LogP contribution < -0.4 is 5.32 Å². The van der Waals surface area contributed by atoms with Crippen LogP contribution in [0.5, 0.6) is 0 Å². The number of halogens is 3. The summed E-state index contributed by atoms with van der Waals surface area (Å²) in [4.78, 5) is 9.44. The second kappa shape index (κ2) is 10.4. The summed E-state index contributed by atoms with van der Waals surface area (Å²) in [5.41, 5.74) is 3.14. The Labute approximate surface area is 192 Å². The van der Waals surface area contributed by atoms with Crippen molar-refractivity contribution in [1.82, 2.24) is 14.8 Å². The third-order valence-corrected chi connectivity index (χ3v) is 5.94. The molecule has 3 aromatic rings. The molecule has 4 nitrogen and oxygen atoms in total. The number of pyridine rings is 1. The molecule has 1 aliphatic heterocycles. The summed E-state index contributed by atoms with van der Waals surface area (Å²) in [7, 11) is 0. The van der Waals surface area contributed by atoms with Crippen molar-refractivity contribution in [3.8, 4) is 0 Å². The van der Waals surface area contributed by atoms with Crippen molar-refractivity contribution in [2.24, 2.45) is 0 Å². The number of hydrogen-bond acceptors (Lipinski definition) is 4. The highest BCUT2D eigenvalue weighted by Gasteiger charge is 2.18. The third kappa shape index (κ3) is 6.40. The Hall–Kier alpha value is -2.18. The van der Waals surface area contributed by atoms with Crippen molar-refractivity contribution in [2.75, 3.05) is 38.0 Å². The molecular weight excluding hydrogens is 434 g/mol. The van der Waals surface area contributed by atoms with Gasteiger partial charge in [-0.3, -0.25) is 4.90 Å². The van der Waals surface area contributed by atoms with Crippen LogP contribution in [0.25, 0.3) is 0 Å². The zero-order chi connectivity index (χ0) is 21.6. The van der Waals surface area contributed by atoms with E-state index in [2.05, 4.69) is 26.2 Å². The molecule has 31 heavy (non-hydrogen) atoms. The summed E-state index contributed by atoms with van der Waals surface area (Å²) in [5, 5.41) is 4.53. The van der Waals surface area contributed by atoms with E-state index in [1.807, 2.05) is 30.3 Å². The topological polar surface area (TPSA) is 31.4 Å². The van der Waals surface area contributed by atoms with Crippen molar-refractivity contribution in [1.29, 1.82) is 0 Å². The minimum atomic E-state index is -0.180. The van der Waals surface area contributed by atoms with Gasteiger partial charge in [0.1, 0.15) is 11.6 Å². The van der Waals surface area contributed by atoms with Gasteiger partial charge in [-0.1, -0.05) is 41.4 Å². The van der Waals surface area contributed by atoms with Gasteiger partial charge in [0.05, 0.1) is 0 Å². The van der Waals surface area contributed by atoms with Gasteiger partial charge in [0.25, 0.3) is 0 Å². The normalized spacial score (nSPS) is 15.2. The van der Waals surface area contributed by atoms with Gasteiger partial charge in [0, 0.05) is 66.8 Å². The van der Waals surface area contributed by atoms with Crippen LogP contribution in [0.15, 0.2) is 60.8 Å². The van der Waals surface area contributed by atoms with Gasteiger partial charge in [-0.2, -0.15) is 0 Å². The molecule has 1 N–H and O–H groups in total. The van der Waals surface area contributed by atoms with Crippen LogP contribution in [0.4, 0.5) is 15.9 Å². The number of nitrogens with zero attached hydrogens (tertiary/aromatic N) is 3. The Morgan fingerprint density at radius 1 is 0.903 bits per heavy atom. The first kappa shape index (κ1) is 22.0. The second-order valence-corrected chi connectivity index (χ2v) is 8.66. The minimum absolute atomic E-state index is 0.180. The monoisotopic (exact) mass is 458 g/mol. The number of piperazine rings is 1. The summed E-state index contributed by atoms with van der Waals surface area (Å²) in [6.45, 7) is 5.87. The van der Waals surface area contributed by atoms with E-state index in [0.29, 0.717) is 10.0 Å². The highest BCUT2D eigenvalue weighted by molar-refractivity contribution is 6.35. The number of anilines is 2. The zero-order valence-electron chi connectivity index (χ0n) is 17.2. The molecule has 0 radical (unpaired) electrons. The quantitative estimate of drug-likeness (QED) is 0.496. The predicted molar refractivity (Wildman–Crippen MR) is 126 cm³/mol. The average Bonchev–Trinajstić information content (AvgIpc) is 2.75. The lowest BCUT2D eigenvalue weighted by Crippen LogP contribution is -2.46. The maximum Gasteiger partial charge on any atom is 0.134 e. The van der Waals surface area contributed by atoms with Crippen LogP contribution >= 0.6 is 23.2 Å². The summed E-state index contributed by atoms with van der Waals surface area (Å²) < 4.78 is 13.1. The molecule has 162 valence electrons. The van der Waals surface area contributed by atoms with Crippen LogP contribution in [-0.4, -0.2) is 47.5 Å². The number of aromatic nitrogens is 1. The molecule has 0 bridgehead atoms. The Morgan fingerprint density at radius 3 is 2.29 bits per heavy atom. The van der Waals surface area contributed by atoms with E-state index in [9.17, 15) is 4.39 Å². The lowest BCUT2D eigenvalue weighted by atomic mass is 10.1. The molecule has 0 saturated carbocycles. The van der Waals surface area contributed by atoms with Gasteiger partial charge < -0.3 is 10.2 Å². The number of rotatable bonds is 7. The predicted octanol–water partition coefficient (Wildman–Crippen LogP) is 5.63. The summed E-state index contributed by atoms with van der Waals surface area (Å²) >= 11 is 12.2. The first-order valence-electron chi connectivity index (χ1n) is 10.4. The Morgan fingerprint density at radius 2 is 1.58 bits per heavy atom. The molecule has 0 unspecified atom stereocenters. The fraction of sp³-hybridized carbons (Fsp3) is 0.292. The molecule has 1 saturated heterocycles. The van der Waals surface area contributed by atoms with Crippen LogP contribution in [0.2, 0.25) is 10.0 Å². The van der Waals surface area contributed by atoms with E-state index in [4.69, 9.17) is 23.2 Å². The highest BCUT2D eigenvalue weighted by atomic mass is 35.5. The standard InChI is InChI=1S/C24H25Cl2FN4/c25-20-14-21(26)16-23(15-20)29-24-19(2-1-8-28-24)17-31-12-10-30(11-13-31)9-7-18-3-5-22(27)6-4-18/h1-6,8,14-16H,7,9-13,17H2,(H,28,29). The van der Waals surface area contributed by atoms with Crippen molar-refractivity contribution in [3.05, 3.63) is 87.8 Å². The first-order chi connectivity index (χ1) is 15.0. The van der Waals surface area contributed by atoms with E-state index in [-0.39, 0.29) is 5.82 Å². The molecule has 0 amide bonds. The molecule has 1 aromatic heterocycles. The number of benzene rings is 2. The van der Waals surface area contributed by atoms with Gasteiger partial charge in [-0.25, -0.2) is 9.37 Å². The van der Waals surface area contributed by atoms with Crippen molar-refractivity contribution in [2.45, 2.75) is 13.0 Å². The molecule has 2 aromatic carbocycles. The van der Waals surface area contributed by atoms with Gasteiger partial charge in [-0.15, -0.1) is 0 Å². The molecule has 0 atom stereocenters. The van der Waals surface area contributed by atoms with Crippen LogP contribution in [0.1, 0.15) is 11.1 Å². The maximum atomic E-state index is 13.1. The van der Waals surface area contributed by atoms with Crippen LogP contribution in [0.3, 0.4) is 0 Å². The van der Waals surface area contributed by atoms with E-state index in [1.165, 1.54) is 17.7 Å². The fourth-order valence-corrected chi connectivity index (χ4v) is 4.32. The molecule has 0 spiro atoms. The van der Waals surface area contributed by atoms with E-state index in [1.54, 1.807) is 12.3 Å². The van der Waals surface area contributed by atoms with Gasteiger partial charge in [-0.05, 0) is 48.4 Å². The van der Waals surface area contributed by atoms with E-state index >= 15 is 0 Å². The fourth-order valence-electron chi connectivity index (χ4n) is 3.79. The highest BCUT2D eigenvalue weighted by Crippen LogP contribution is 2.26. The number of nitrogens with one attached hydrogen (secondary N) is 1. The summed E-state index contributed by atoms with van der Waals surface area (Å²) in [6, 6.07) is 16.3. The molecule has 0 aliphatic carbocycles. The molecule has 1 aliphatic rings. The molecule has 4 rings (SSSR count). The SMILES string of the molecule is Fc1ccc(CCN2CCN(Cc3cccnc3Nc3cc(Cl)cc(Cl)c3)CC2)cc1. The lowest BCUT2D eigenvalue weighted by Gasteiger charge is -2.35. The Kier molecular flexibility index (Phi) is 7.41. The first-order valence-corrected chi connectivity index (χ1v) is 11.2. The second-order valence-electron chi connectivity index (χ2n) is 7.79. The maximum absolute atomic E-state index is 13.1. The molecular formula is C24H25Cl2FN4. The van der Waals surface area contributed by atoms with E-state index in [0.717, 1.165) is 62.8 Å². The lowest BCUT2D eigenvalue weighted by molar-refractivity contribution is 0.128. The summed E-state index contributed by atoms with van der Waals surface area (Å²) in [5.74, 6) is 0.639. The van der Waals surface area contributed by atoms with Gasteiger partial charge in [0.2, 0.25) is 0 Å². The molecule has 1 fully saturated rings. The zero-order valence-corrected chi connectivity index (χ0v) is 18.7. The number of hydrogen-bond donors (Lipinski definition) is 1. The van der Waals surface area contributed by atoms with Crippen molar-refractivity contribution in [3.63, 3.8) is 0 Å². The Balaban J connectivity index is 1.31. The van der Waals surface area contributed by atoms with Crippen LogP contribution in [-0.2, 0) is 13.0 Å². The molecule has 7 heteroatoms. The summed E-state index contributed by atoms with van der Waals surface area (Å²) in [6.07, 6.45) is 2.73.